The zero-order valence-electron chi connectivity index (χ0n) is 5.97. The van der Waals surface area contributed by atoms with E-state index >= 15 is 0 Å². The fraction of sp³-hybridized carbons (Fsp3) is 0.111. The molecule has 0 saturated heterocycles. The molecule has 54 valence electrons. The molecule has 0 bridgehead atoms. The second-order valence-electron chi connectivity index (χ2n) is 2.66. The van der Waals surface area contributed by atoms with Gasteiger partial charge in [0.2, 0.25) is 5.95 Å². The lowest BCUT2D eigenvalue weighted by Crippen LogP contribution is -1.89. The molecule has 0 amide bonds. The molecule has 0 aliphatic heterocycles. The Kier molecular flexibility index (Phi) is 1.22. The Labute approximate surface area is 64.6 Å². The van der Waals surface area contributed by atoms with E-state index in [0.29, 0.717) is 0 Å². The lowest BCUT2D eigenvalue weighted by molar-refractivity contribution is 0.581. The first-order valence-electron chi connectivity index (χ1n) is 3.43. The second kappa shape index (κ2) is 2.09. The van der Waals surface area contributed by atoms with Crippen LogP contribution in [-0.2, 0) is 6.42 Å². The van der Waals surface area contributed by atoms with Gasteiger partial charge in [0.05, 0.1) is 24.0 Å². The van der Waals surface area contributed by atoms with Crippen molar-refractivity contribution in [2.75, 3.05) is 0 Å². The Morgan fingerprint density at radius 2 is 2.36 bits per heavy atom. The van der Waals surface area contributed by atoms with Crippen molar-refractivity contribution in [2.45, 2.75) is 6.42 Å². The molecule has 0 fully saturated rings. The Balaban J connectivity index is 2.51. The summed E-state index contributed by atoms with van der Waals surface area (Å²) in [5.74, 6) is -0.422. The van der Waals surface area contributed by atoms with Crippen molar-refractivity contribution in [1.29, 1.82) is 0 Å². The smallest absolute Gasteiger partial charge is 0.192 e. The maximum absolute atomic E-state index is 12.5. The monoisotopic (exact) mass is 148 g/mol. The van der Waals surface area contributed by atoms with E-state index in [4.69, 9.17) is 0 Å². The standard InChI is InChI=1S/C9H7FN/c1-6-4-7-2-3-9(10)11-8(7)5-6/h2-3,5H,1,4H2/q+1. The van der Waals surface area contributed by atoms with Gasteiger partial charge in [-0.1, -0.05) is 0 Å². The quantitative estimate of drug-likeness (QED) is 0.404. The summed E-state index contributed by atoms with van der Waals surface area (Å²) in [6.45, 7) is 3.78. The third kappa shape index (κ3) is 1.00. The van der Waals surface area contributed by atoms with E-state index in [-0.39, 0.29) is 0 Å². The van der Waals surface area contributed by atoms with Gasteiger partial charge in [-0.15, -0.1) is 0 Å². The van der Waals surface area contributed by atoms with E-state index in [1.165, 1.54) is 6.07 Å². The van der Waals surface area contributed by atoms with E-state index < -0.39 is 5.95 Å². The van der Waals surface area contributed by atoms with Gasteiger partial charge in [-0.3, -0.25) is 0 Å². The van der Waals surface area contributed by atoms with Crippen molar-refractivity contribution in [3.63, 3.8) is 0 Å². The van der Waals surface area contributed by atoms with Crippen molar-refractivity contribution in [1.82, 2.24) is 4.98 Å². The molecule has 0 radical (unpaired) electrons. The van der Waals surface area contributed by atoms with E-state index in [0.717, 1.165) is 23.3 Å². The molecule has 0 N–H and O–H groups in total. The molecule has 1 nitrogen and oxygen atoms in total. The molecule has 1 aromatic heterocycles. The van der Waals surface area contributed by atoms with Gasteiger partial charge in [-0.05, 0) is 6.58 Å². The number of aromatic nitrogens is 1. The van der Waals surface area contributed by atoms with Crippen molar-refractivity contribution in [3.05, 3.63) is 47.9 Å². The minimum Gasteiger partial charge on any atom is -0.192 e. The van der Waals surface area contributed by atoms with Crippen LogP contribution < -0.4 is 0 Å². The van der Waals surface area contributed by atoms with E-state index in [1.54, 1.807) is 6.07 Å². The minimum absolute atomic E-state index is 0.422. The fourth-order valence-electron chi connectivity index (χ4n) is 1.24. The molecular weight excluding hydrogens is 141 g/mol. The van der Waals surface area contributed by atoms with Crippen LogP contribution in [0.3, 0.4) is 0 Å². The molecule has 0 unspecified atom stereocenters. The van der Waals surface area contributed by atoms with Gasteiger partial charge < -0.3 is 0 Å². The number of hydrogen-bond acceptors (Lipinski definition) is 1. The molecule has 0 spiro atoms. The predicted octanol–water partition coefficient (Wildman–Crippen LogP) is 1.89. The SMILES string of the molecule is C=C1[CH+]c2nc(F)ccc2C1. The number of halogens is 1. The maximum Gasteiger partial charge on any atom is 0.216 e. The summed E-state index contributed by atoms with van der Waals surface area (Å²) in [5, 5.41) is 0. The van der Waals surface area contributed by atoms with E-state index in [1.807, 2.05) is 6.42 Å². The minimum atomic E-state index is -0.422. The van der Waals surface area contributed by atoms with Gasteiger partial charge in [-0.2, -0.15) is 9.37 Å². The lowest BCUT2D eigenvalue weighted by atomic mass is 10.2. The summed E-state index contributed by atoms with van der Waals surface area (Å²) in [7, 11) is 0. The molecule has 1 heterocycles. The van der Waals surface area contributed by atoms with Gasteiger partial charge >= 0.3 is 0 Å². The predicted molar refractivity (Wildman–Crippen MR) is 40.4 cm³/mol. The van der Waals surface area contributed by atoms with Crippen LogP contribution in [0.25, 0.3) is 0 Å². The number of pyridine rings is 1. The summed E-state index contributed by atoms with van der Waals surface area (Å²) in [6.07, 6.45) is 2.63. The summed E-state index contributed by atoms with van der Waals surface area (Å²) in [6, 6.07) is 3.14. The zero-order chi connectivity index (χ0) is 7.84. The summed E-state index contributed by atoms with van der Waals surface area (Å²) < 4.78 is 12.5. The number of rotatable bonds is 0. The van der Waals surface area contributed by atoms with E-state index in [9.17, 15) is 4.39 Å². The first-order chi connectivity index (χ1) is 5.25. The average Bonchev–Trinajstić information content (AvgIpc) is 2.27. The first kappa shape index (κ1) is 6.40. The van der Waals surface area contributed by atoms with E-state index in [2.05, 4.69) is 11.6 Å². The number of hydrogen-bond donors (Lipinski definition) is 0. The van der Waals surface area contributed by atoms with Crippen LogP contribution in [0.4, 0.5) is 4.39 Å². The topological polar surface area (TPSA) is 12.9 Å². The van der Waals surface area contributed by atoms with Gasteiger partial charge in [0.25, 0.3) is 0 Å². The second-order valence-corrected chi connectivity index (χ2v) is 2.66. The third-order valence-electron chi connectivity index (χ3n) is 1.74. The van der Waals surface area contributed by atoms with Crippen molar-refractivity contribution >= 4 is 0 Å². The van der Waals surface area contributed by atoms with Crippen LogP contribution in [0.15, 0.2) is 24.3 Å². The van der Waals surface area contributed by atoms with Crippen LogP contribution >= 0.6 is 0 Å². The highest BCUT2D eigenvalue weighted by Crippen LogP contribution is 2.24. The molecule has 0 saturated carbocycles. The van der Waals surface area contributed by atoms with Crippen LogP contribution in [0.5, 0.6) is 0 Å². The molecule has 11 heavy (non-hydrogen) atoms. The molecule has 1 aliphatic carbocycles. The van der Waals surface area contributed by atoms with Crippen molar-refractivity contribution in [3.8, 4) is 0 Å². The Hall–Kier alpha value is -1.31. The average molecular weight is 148 g/mol. The Bertz CT molecular complexity index is 317. The fourth-order valence-corrected chi connectivity index (χ4v) is 1.24. The molecule has 2 heteroatoms. The largest absolute Gasteiger partial charge is 0.216 e. The zero-order valence-corrected chi connectivity index (χ0v) is 5.97. The van der Waals surface area contributed by atoms with Crippen LogP contribution in [-0.4, -0.2) is 4.98 Å². The normalized spacial score (nSPS) is 14.5. The maximum atomic E-state index is 12.5. The Morgan fingerprint density at radius 3 is 3.18 bits per heavy atom. The molecule has 1 aromatic rings. The van der Waals surface area contributed by atoms with Crippen LogP contribution in [0.1, 0.15) is 11.3 Å². The number of allylic oxidation sites excluding steroid dienone is 1. The number of fused-ring (bicyclic) bond motifs is 1. The summed E-state index contributed by atoms with van der Waals surface area (Å²) in [4.78, 5) is 3.72. The molecular formula is C9H7FN+. The van der Waals surface area contributed by atoms with Crippen LogP contribution in [0, 0.1) is 12.4 Å². The molecule has 1 aliphatic rings. The first-order valence-corrected chi connectivity index (χ1v) is 3.43. The summed E-state index contributed by atoms with van der Waals surface area (Å²) >= 11 is 0. The van der Waals surface area contributed by atoms with Gasteiger partial charge in [-0.25, -0.2) is 0 Å². The highest BCUT2D eigenvalue weighted by Gasteiger charge is 2.23. The lowest BCUT2D eigenvalue weighted by Gasteiger charge is -1.88. The molecule has 0 atom stereocenters. The van der Waals surface area contributed by atoms with Crippen molar-refractivity contribution < 1.29 is 4.39 Å². The van der Waals surface area contributed by atoms with Gasteiger partial charge in [0.15, 0.2) is 5.69 Å². The van der Waals surface area contributed by atoms with Gasteiger partial charge in [0.1, 0.15) is 0 Å². The Morgan fingerprint density at radius 1 is 1.55 bits per heavy atom. The number of nitrogens with zero attached hydrogens (tertiary/aromatic N) is 1. The van der Waals surface area contributed by atoms with Crippen molar-refractivity contribution in [2.24, 2.45) is 0 Å². The highest BCUT2D eigenvalue weighted by atomic mass is 19.1. The highest BCUT2D eigenvalue weighted by molar-refractivity contribution is 5.44. The molecule has 0 aromatic carbocycles. The third-order valence-corrected chi connectivity index (χ3v) is 1.74. The summed E-state index contributed by atoms with van der Waals surface area (Å²) in [5.41, 5.74) is 2.80. The van der Waals surface area contributed by atoms with Gasteiger partial charge in [0, 0.05) is 12.1 Å². The molecule has 2 rings (SSSR count). The van der Waals surface area contributed by atoms with Crippen LogP contribution in [0.2, 0.25) is 0 Å².